The van der Waals surface area contributed by atoms with Crippen molar-refractivity contribution in [1.82, 2.24) is 5.32 Å². The van der Waals surface area contributed by atoms with E-state index in [9.17, 15) is 49.3 Å². The number of nitriles is 1. The van der Waals surface area contributed by atoms with Gasteiger partial charge in [-0.25, -0.2) is 4.79 Å². The lowest BCUT2D eigenvalue weighted by molar-refractivity contribution is -0.118. The van der Waals surface area contributed by atoms with Crippen LogP contribution in [0.5, 0.6) is 17.2 Å². The molecule has 5 aromatic carbocycles. The van der Waals surface area contributed by atoms with Crippen LogP contribution in [-0.4, -0.2) is 62.0 Å². The molecule has 0 spiro atoms. The van der Waals surface area contributed by atoms with Crippen LogP contribution in [0.3, 0.4) is 0 Å². The van der Waals surface area contributed by atoms with E-state index >= 15 is 0 Å². The minimum absolute atomic E-state index is 0.0774. The van der Waals surface area contributed by atoms with Crippen molar-refractivity contribution < 1.29 is 49.2 Å². The zero-order valence-electron chi connectivity index (χ0n) is 30.4. The Morgan fingerprint density at radius 1 is 0.621 bits per heavy atom. The van der Waals surface area contributed by atoms with Crippen LogP contribution in [0.1, 0.15) is 60.3 Å². The number of aromatic carboxylic acids is 1. The molecule has 0 saturated heterocycles. The van der Waals surface area contributed by atoms with Gasteiger partial charge in [0.2, 0.25) is 5.91 Å². The van der Waals surface area contributed by atoms with E-state index in [4.69, 9.17) is 5.11 Å². The molecular weight excluding hydrogens is 748 g/mol. The van der Waals surface area contributed by atoms with Gasteiger partial charge in [-0.05, 0) is 103 Å². The average Bonchev–Trinajstić information content (AvgIpc) is 3.19. The van der Waals surface area contributed by atoms with Crippen molar-refractivity contribution >= 4 is 64.3 Å². The smallest absolute Gasteiger partial charge is 0.339 e. The second-order valence-electron chi connectivity index (χ2n) is 12.6. The number of anilines is 4. The zero-order chi connectivity index (χ0) is 41.9. The van der Waals surface area contributed by atoms with Gasteiger partial charge in [0.15, 0.2) is 0 Å². The summed E-state index contributed by atoms with van der Waals surface area (Å²) in [6.45, 7) is 1.63. The molecule has 0 bridgehead atoms. The molecule has 5 amide bonds. The van der Waals surface area contributed by atoms with E-state index in [0.717, 1.165) is 23.8 Å². The number of rotatable bonds is 13. The lowest BCUT2D eigenvalue weighted by Crippen LogP contribution is -2.43. The molecular formula is C42H34N6O10. The Kier molecular flexibility index (Phi) is 12.8. The quantitative estimate of drug-likeness (QED) is 0.0654. The Labute approximate surface area is 330 Å². The van der Waals surface area contributed by atoms with E-state index in [1.165, 1.54) is 78.9 Å². The minimum atomic E-state index is -1.35. The third-order valence-corrected chi connectivity index (χ3v) is 8.36. The fourth-order valence-electron chi connectivity index (χ4n) is 5.29. The van der Waals surface area contributed by atoms with E-state index in [0.29, 0.717) is 11.3 Å². The van der Waals surface area contributed by atoms with Crippen LogP contribution in [0.15, 0.2) is 115 Å². The molecule has 5 rings (SSSR count). The summed E-state index contributed by atoms with van der Waals surface area (Å²) in [7, 11) is 0. The number of carboxylic acid groups (broad SMARTS) is 1. The molecule has 0 unspecified atom stereocenters. The molecule has 9 N–H and O–H groups in total. The Hall–Kier alpha value is -8.45. The van der Waals surface area contributed by atoms with Crippen molar-refractivity contribution in [2.75, 3.05) is 21.3 Å². The Bertz CT molecular complexity index is 2470. The van der Waals surface area contributed by atoms with E-state index < -0.39 is 47.1 Å². The number of aromatic hydroxyl groups is 3. The average molecular weight is 783 g/mol. The van der Waals surface area contributed by atoms with Crippen LogP contribution in [0, 0.1) is 11.3 Å². The number of phenolic OH excluding ortho intramolecular Hbond substituents is 2. The van der Waals surface area contributed by atoms with Gasteiger partial charge in [-0.3, -0.25) is 24.0 Å². The fraction of sp³-hybridized carbons (Fsp3) is 0.0714. The molecule has 16 nitrogen and oxygen atoms in total. The molecule has 0 saturated carbocycles. The SMILES string of the molecule is C/C(=C\c1ccc(O)cc1)C(=O)Nc1ccc(C(=O)N[C@@H](CC#N)C(=O)Nc2ccc(C(=O)Nc3ccc(C(=O)Nc4ccc(C(=O)O)c(O)c4)c(O)c3)cc2)cc1. The Morgan fingerprint density at radius 3 is 1.66 bits per heavy atom. The summed E-state index contributed by atoms with van der Waals surface area (Å²) >= 11 is 0. The summed E-state index contributed by atoms with van der Waals surface area (Å²) < 4.78 is 0. The number of nitrogens with one attached hydrogen (secondary N) is 5. The van der Waals surface area contributed by atoms with Gasteiger partial charge in [0.25, 0.3) is 23.6 Å². The van der Waals surface area contributed by atoms with Gasteiger partial charge in [-0.2, -0.15) is 5.26 Å². The highest BCUT2D eigenvalue weighted by Gasteiger charge is 2.22. The van der Waals surface area contributed by atoms with Crippen LogP contribution in [0.4, 0.5) is 22.7 Å². The van der Waals surface area contributed by atoms with Gasteiger partial charge in [-0.1, -0.05) is 12.1 Å². The Morgan fingerprint density at radius 2 is 1.12 bits per heavy atom. The highest BCUT2D eigenvalue weighted by atomic mass is 16.4. The van der Waals surface area contributed by atoms with Gasteiger partial charge < -0.3 is 47.0 Å². The molecule has 292 valence electrons. The molecule has 0 fully saturated rings. The topological polar surface area (TPSA) is 267 Å². The molecule has 5 aromatic rings. The molecule has 0 heterocycles. The second-order valence-corrected chi connectivity index (χ2v) is 12.6. The number of nitrogens with zero attached hydrogens (tertiary/aromatic N) is 1. The maximum atomic E-state index is 13.1. The van der Waals surface area contributed by atoms with Gasteiger partial charge in [0, 0.05) is 51.6 Å². The molecule has 16 heteroatoms. The molecule has 0 aliphatic rings. The predicted molar refractivity (Wildman–Crippen MR) is 212 cm³/mol. The van der Waals surface area contributed by atoms with E-state index in [-0.39, 0.29) is 57.4 Å². The third kappa shape index (κ3) is 10.6. The van der Waals surface area contributed by atoms with Crippen molar-refractivity contribution in [3.05, 3.63) is 143 Å². The first-order chi connectivity index (χ1) is 27.7. The predicted octanol–water partition coefficient (Wildman–Crippen LogP) is 5.70. The molecule has 0 aliphatic heterocycles. The fourth-order valence-corrected chi connectivity index (χ4v) is 5.29. The minimum Gasteiger partial charge on any atom is -0.508 e. The summed E-state index contributed by atoms with van der Waals surface area (Å²) in [5, 5.41) is 61.0. The summed E-state index contributed by atoms with van der Waals surface area (Å²) in [6.07, 6.45) is 1.30. The number of benzene rings is 5. The number of carbonyl (C=O) groups excluding carboxylic acids is 5. The lowest BCUT2D eigenvalue weighted by atomic mass is 10.1. The number of hydrogen-bond donors (Lipinski definition) is 9. The second kappa shape index (κ2) is 18.3. The Balaban J connectivity index is 1.13. The van der Waals surface area contributed by atoms with E-state index in [2.05, 4.69) is 26.6 Å². The monoisotopic (exact) mass is 782 g/mol. The molecule has 0 aliphatic carbocycles. The highest BCUT2D eigenvalue weighted by Crippen LogP contribution is 2.26. The van der Waals surface area contributed by atoms with Crippen LogP contribution in [0.2, 0.25) is 0 Å². The van der Waals surface area contributed by atoms with Crippen LogP contribution in [-0.2, 0) is 9.59 Å². The summed E-state index contributed by atoms with van der Waals surface area (Å²) in [5.41, 5.74) is 1.81. The lowest BCUT2D eigenvalue weighted by Gasteiger charge is -2.16. The van der Waals surface area contributed by atoms with Crippen molar-refractivity contribution in [3.63, 3.8) is 0 Å². The number of hydrogen-bond acceptors (Lipinski definition) is 10. The largest absolute Gasteiger partial charge is 0.508 e. The number of carboxylic acids is 1. The summed E-state index contributed by atoms with van der Waals surface area (Å²) in [4.78, 5) is 75.4. The van der Waals surface area contributed by atoms with Gasteiger partial charge in [0.05, 0.1) is 18.1 Å². The normalized spacial score (nSPS) is 11.3. The first-order valence-electron chi connectivity index (χ1n) is 17.2. The van der Waals surface area contributed by atoms with Gasteiger partial charge in [0.1, 0.15) is 28.9 Å². The van der Waals surface area contributed by atoms with Gasteiger partial charge >= 0.3 is 5.97 Å². The number of amides is 5. The van der Waals surface area contributed by atoms with Crippen LogP contribution in [0.25, 0.3) is 6.08 Å². The van der Waals surface area contributed by atoms with Crippen LogP contribution >= 0.6 is 0 Å². The first-order valence-corrected chi connectivity index (χ1v) is 17.2. The molecule has 58 heavy (non-hydrogen) atoms. The molecule has 0 radical (unpaired) electrons. The molecule has 1 atom stereocenters. The van der Waals surface area contributed by atoms with Crippen molar-refractivity contribution in [2.45, 2.75) is 19.4 Å². The molecule has 0 aromatic heterocycles. The number of phenols is 3. The standard InChI is InChI=1S/C42H34N6O10/c1-23(20-24-2-14-31(49)15-3-24)37(52)44-27-8-6-26(7-9-27)39(54)48-34(18-19-43)41(56)45-28-10-4-25(5-11-28)38(53)46-29-12-16-32(35(50)21-29)40(55)47-30-13-17-33(42(57)58)36(51)22-30/h2-17,20-22,34,49-51H,18H2,1H3,(H,44,52)(H,45,56)(H,46,53)(H,47,55)(H,48,54)(H,57,58)/b23-20+/t34-/m0/s1. The van der Waals surface area contributed by atoms with E-state index in [1.54, 1.807) is 25.1 Å². The summed E-state index contributed by atoms with van der Waals surface area (Å²) in [5.74, 6) is -5.37. The summed E-state index contributed by atoms with van der Waals surface area (Å²) in [6, 6.07) is 25.7. The first kappa shape index (κ1) is 40.7. The van der Waals surface area contributed by atoms with Crippen LogP contribution < -0.4 is 26.6 Å². The number of carbonyl (C=O) groups is 6. The van der Waals surface area contributed by atoms with Crippen molar-refractivity contribution in [3.8, 4) is 23.3 Å². The maximum Gasteiger partial charge on any atom is 0.339 e. The van der Waals surface area contributed by atoms with E-state index in [1.807, 2.05) is 6.07 Å². The third-order valence-electron chi connectivity index (χ3n) is 8.36. The van der Waals surface area contributed by atoms with Gasteiger partial charge in [-0.15, -0.1) is 0 Å². The van der Waals surface area contributed by atoms with Crippen molar-refractivity contribution in [2.24, 2.45) is 0 Å². The highest BCUT2D eigenvalue weighted by molar-refractivity contribution is 6.09. The maximum absolute atomic E-state index is 13.1. The zero-order valence-corrected chi connectivity index (χ0v) is 30.4. The van der Waals surface area contributed by atoms with Crippen molar-refractivity contribution in [1.29, 1.82) is 5.26 Å².